The van der Waals surface area contributed by atoms with Gasteiger partial charge in [-0.05, 0) is 39.3 Å². The summed E-state index contributed by atoms with van der Waals surface area (Å²) in [5.74, 6) is 1.74. The minimum atomic E-state index is -0.138. The van der Waals surface area contributed by atoms with E-state index in [1.54, 1.807) is 7.11 Å². The number of ether oxygens (including phenoxy) is 2. The van der Waals surface area contributed by atoms with Crippen molar-refractivity contribution < 1.29 is 9.47 Å². The minimum Gasteiger partial charge on any atom is -0.493 e. The van der Waals surface area contributed by atoms with Crippen LogP contribution in [0.2, 0.25) is 0 Å². The van der Waals surface area contributed by atoms with E-state index < -0.39 is 0 Å². The fourth-order valence-electron chi connectivity index (χ4n) is 2.26. The van der Waals surface area contributed by atoms with Crippen LogP contribution in [0.25, 0.3) is 6.08 Å². The van der Waals surface area contributed by atoms with E-state index in [2.05, 4.69) is 39.8 Å². The van der Waals surface area contributed by atoms with Gasteiger partial charge in [-0.2, -0.15) is 0 Å². The van der Waals surface area contributed by atoms with Gasteiger partial charge in [0.15, 0.2) is 11.5 Å². The van der Waals surface area contributed by atoms with Gasteiger partial charge in [0, 0.05) is 12.0 Å². The fraction of sp³-hybridized carbons (Fsp3) is 0.467. The Morgan fingerprint density at radius 3 is 2.65 bits per heavy atom. The molecular weight excluding hydrogens is 212 g/mol. The topological polar surface area (TPSA) is 18.5 Å². The lowest BCUT2D eigenvalue weighted by Gasteiger charge is -2.17. The fourth-order valence-corrected chi connectivity index (χ4v) is 2.26. The highest BCUT2D eigenvalue weighted by atomic mass is 16.5. The maximum atomic E-state index is 5.98. The minimum absolute atomic E-state index is 0.138. The molecule has 0 saturated carbocycles. The van der Waals surface area contributed by atoms with E-state index in [1.165, 1.54) is 16.7 Å². The summed E-state index contributed by atoms with van der Waals surface area (Å²) >= 11 is 0. The van der Waals surface area contributed by atoms with Crippen molar-refractivity contribution in [2.24, 2.45) is 0 Å². The predicted molar refractivity (Wildman–Crippen MR) is 70.7 cm³/mol. The molecule has 0 fully saturated rings. The second-order valence-electron chi connectivity index (χ2n) is 5.42. The summed E-state index contributed by atoms with van der Waals surface area (Å²) in [6.07, 6.45) is 3.13. The standard InChI is InChI=1S/C15H20O2/c1-10(2)8-11-6-7-13(16-5)14-12(11)9-15(3,4)17-14/h6-8H,9H2,1-5H3. The monoisotopic (exact) mass is 232 g/mol. The lowest BCUT2D eigenvalue weighted by Crippen LogP contribution is -2.24. The van der Waals surface area contributed by atoms with E-state index in [4.69, 9.17) is 9.47 Å². The van der Waals surface area contributed by atoms with Crippen LogP contribution in [-0.2, 0) is 6.42 Å². The Morgan fingerprint density at radius 2 is 2.06 bits per heavy atom. The molecule has 1 aliphatic rings. The lowest BCUT2D eigenvalue weighted by molar-refractivity contribution is 0.134. The maximum Gasteiger partial charge on any atom is 0.165 e. The molecule has 0 saturated heterocycles. The molecular formula is C15H20O2. The summed E-state index contributed by atoms with van der Waals surface area (Å²) < 4.78 is 11.3. The Morgan fingerprint density at radius 1 is 1.35 bits per heavy atom. The van der Waals surface area contributed by atoms with Gasteiger partial charge >= 0.3 is 0 Å². The summed E-state index contributed by atoms with van der Waals surface area (Å²) in [6, 6.07) is 4.09. The Kier molecular flexibility index (Phi) is 2.90. The highest BCUT2D eigenvalue weighted by Gasteiger charge is 2.33. The van der Waals surface area contributed by atoms with E-state index in [9.17, 15) is 0 Å². The molecule has 1 aromatic rings. The van der Waals surface area contributed by atoms with Gasteiger partial charge in [-0.1, -0.05) is 17.7 Å². The maximum absolute atomic E-state index is 5.98. The predicted octanol–water partition coefficient (Wildman–Crippen LogP) is 3.83. The summed E-state index contributed by atoms with van der Waals surface area (Å²) in [4.78, 5) is 0. The first-order valence-corrected chi connectivity index (χ1v) is 5.97. The normalized spacial score (nSPS) is 16.1. The molecule has 1 aromatic carbocycles. The summed E-state index contributed by atoms with van der Waals surface area (Å²) in [7, 11) is 1.69. The van der Waals surface area contributed by atoms with Crippen LogP contribution in [0.15, 0.2) is 17.7 Å². The first kappa shape index (κ1) is 12.0. The molecule has 0 amide bonds. The summed E-state index contributed by atoms with van der Waals surface area (Å²) in [5, 5.41) is 0. The average molecular weight is 232 g/mol. The second kappa shape index (κ2) is 4.10. The van der Waals surface area contributed by atoms with E-state index >= 15 is 0 Å². The molecule has 0 aromatic heterocycles. The van der Waals surface area contributed by atoms with Crippen molar-refractivity contribution in [3.63, 3.8) is 0 Å². The molecule has 2 nitrogen and oxygen atoms in total. The van der Waals surface area contributed by atoms with Crippen molar-refractivity contribution in [1.29, 1.82) is 0 Å². The molecule has 0 unspecified atom stereocenters. The van der Waals surface area contributed by atoms with Crippen molar-refractivity contribution in [2.45, 2.75) is 39.7 Å². The van der Waals surface area contributed by atoms with Crippen LogP contribution in [-0.4, -0.2) is 12.7 Å². The molecule has 17 heavy (non-hydrogen) atoms. The molecule has 1 aliphatic heterocycles. The zero-order valence-electron chi connectivity index (χ0n) is 11.3. The van der Waals surface area contributed by atoms with Gasteiger partial charge < -0.3 is 9.47 Å². The molecule has 0 atom stereocenters. The van der Waals surface area contributed by atoms with Gasteiger partial charge in [0.2, 0.25) is 0 Å². The quantitative estimate of drug-likeness (QED) is 0.771. The van der Waals surface area contributed by atoms with Gasteiger partial charge in [-0.3, -0.25) is 0 Å². The number of fused-ring (bicyclic) bond motifs is 1. The smallest absolute Gasteiger partial charge is 0.165 e. The van der Waals surface area contributed by atoms with Crippen LogP contribution in [0, 0.1) is 0 Å². The summed E-state index contributed by atoms with van der Waals surface area (Å²) in [6.45, 7) is 8.44. The molecule has 1 heterocycles. The van der Waals surface area contributed by atoms with Crippen LogP contribution in [0.1, 0.15) is 38.8 Å². The molecule has 2 heteroatoms. The zero-order chi connectivity index (χ0) is 12.6. The van der Waals surface area contributed by atoms with Crippen molar-refractivity contribution in [1.82, 2.24) is 0 Å². The van der Waals surface area contributed by atoms with E-state index in [-0.39, 0.29) is 5.60 Å². The SMILES string of the molecule is COc1ccc(C=C(C)C)c2c1OC(C)(C)C2. The Labute approximate surface area is 103 Å². The molecule has 92 valence electrons. The van der Waals surface area contributed by atoms with E-state index in [0.29, 0.717) is 0 Å². The van der Waals surface area contributed by atoms with Crippen LogP contribution >= 0.6 is 0 Å². The van der Waals surface area contributed by atoms with Crippen molar-refractivity contribution in [3.05, 3.63) is 28.8 Å². The molecule has 0 N–H and O–H groups in total. The van der Waals surface area contributed by atoms with Crippen molar-refractivity contribution >= 4 is 6.08 Å². The van der Waals surface area contributed by atoms with Crippen LogP contribution in [0.5, 0.6) is 11.5 Å². The van der Waals surface area contributed by atoms with Gasteiger partial charge in [-0.25, -0.2) is 0 Å². The molecule has 0 spiro atoms. The second-order valence-corrected chi connectivity index (χ2v) is 5.42. The van der Waals surface area contributed by atoms with Crippen LogP contribution in [0.4, 0.5) is 0 Å². The largest absolute Gasteiger partial charge is 0.493 e. The number of hydrogen-bond acceptors (Lipinski definition) is 2. The van der Waals surface area contributed by atoms with Crippen LogP contribution < -0.4 is 9.47 Å². The highest BCUT2D eigenvalue weighted by molar-refractivity contribution is 5.65. The van der Waals surface area contributed by atoms with E-state index in [0.717, 1.165) is 17.9 Å². The van der Waals surface area contributed by atoms with Gasteiger partial charge in [0.05, 0.1) is 7.11 Å². The Bertz CT molecular complexity index is 466. The molecule has 2 rings (SSSR count). The third kappa shape index (κ3) is 2.31. The van der Waals surface area contributed by atoms with Crippen LogP contribution in [0.3, 0.4) is 0 Å². The zero-order valence-corrected chi connectivity index (χ0v) is 11.3. The number of rotatable bonds is 2. The van der Waals surface area contributed by atoms with Crippen molar-refractivity contribution in [2.75, 3.05) is 7.11 Å². The lowest BCUT2D eigenvalue weighted by atomic mass is 9.96. The number of allylic oxidation sites excluding steroid dienone is 1. The van der Waals surface area contributed by atoms with E-state index in [1.807, 2.05) is 6.07 Å². The first-order chi connectivity index (χ1) is 7.93. The first-order valence-electron chi connectivity index (χ1n) is 5.97. The number of hydrogen-bond donors (Lipinski definition) is 0. The number of methoxy groups -OCH3 is 1. The van der Waals surface area contributed by atoms with Gasteiger partial charge in [-0.15, -0.1) is 0 Å². The Balaban J connectivity index is 2.55. The number of benzene rings is 1. The summed E-state index contributed by atoms with van der Waals surface area (Å²) in [5.41, 5.74) is 3.66. The van der Waals surface area contributed by atoms with Gasteiger partial charge in [0.1, 0.15) is 5.60 Å². The average Bonchev–Trinajstić information content (AvgIpc) is 2.53. The molecule has 0 radical (unpaired) electrons. The van der Waals surface area contributed by atoms with Crippen molar-refractivity contribution in [3.8, 4) is 11.5 Å². The third-order valence-electron chi connectivity index (χ3n) is 2.91. The van der Waals surface area contributed by atoms with Gasteiger partial charge in [0.25, 0.3) is 0 Å². The molecule has 0 bridgehead atoms. The third-order valence-corrected chi connectivity index (χ3v) is 2.91. The Hall–Kier alpha value is -1.44. The molecule has 0 aliphatic carbocycles. The highest BCUT2D eigenvalue weighted by Crippen LogP contribution is 2.44.